The molecule has 0 bridgehead atoms. The number of hydrogen-bond acceptors (Lipinski definition) is 3. The van der Waals surface area contributed by atoms with Crippen molar-refractivity contribution >= 4 is 28.7 Å². The van der Waals surface area contributed by atoms with E-state index in [1.165, 1.54) is 6.07 Å². The second kappa shape index (κ2) is 8.35. The van der Waals surface area contributed by atoms with E-state index < -0.39 is 29.7 Å². The van der Waals surface area contributed by atoms with Crippen LogP contribution in [0.3, 0.4) is 0 Å². The maximum absolute atomic E-state index is 14.0. The highest BCUT2D eigenvalue weighted by Crippen LogP contribution is 2.30. The number of rotatable bonds is 4. The van der Waals surface area contributed by atoms with Crippen molar-refractivity contribution in [2.75, 3.05) is 0 Å². The van der Waals surface area contributed by atoms with Crippen LogP contribution in [0.5, 0.6) is 0 Å². The van der Waals surface area contributed by atoms with E-state index in [0.717, 1.165) is 3.57 Å². The van der Waals surface area contributed by atoms with E-state index in [1.807, 2.05) is 12.1 Å². The smallest absolute Gasteiger partial charge is 0.408 e. The van der Waals surface area contributed by atoms with Gasteiger partial charge >= 0.3 is 6.09 Å². The van der Waals surface area contributed by atoms with E-state index >= 15 is 0 Å². The van der Waals surface area contributed by atoms with Gasteiger partial charge in [0, 0.05) is 3.57 Å². The van der Waals surface area contributed by atoms with Crippen LogP contribution < -0.4 is 5.32 Å². The van der Waals surface area contributed by atoms with Gasteiger partial charge in [0.05, 0.1) is 6.04 Å². The number of benzene rings is 2. The van der Waals surface area contributed by atoms with Gasteiger partial charge in [-0.15, -0.1) is 0 Å². The second-order valence-electron chi connectivity index (χ2n) is 7.13. The van der Waals surface area contributed by atoms with Crippen molar-refractivity contribution in [3.8, 4) is 0 Å². The Kier molecular flexibility index (Phi) is 6.63. The first-order valence-corrected chi connectivity index (χ1v) is 9.34. The van der Waals surface area contributed by atoms with Crippen molar-refractivity contribution in [2.45, 2.75) is 45.4 Å². The fraction of sp³-hybridized carbons (Fsp3) is 0.350. The number of hydrogen-bond donors (Lipinski definition) is 2. The van der Waals surface area contributed by atoms with Crippen LogP contribution in [-0.2, 0) is 4.74 Å². The Bertz CT molecular complexity index is 772. The van der Waals surface area contributed by atoms with Crippen LogP contribution in [0.25, 0.3) is 0 Å². The van der Waals surface area contributed by atoms with Crippen LogP contribution in [0.2, 0.25) is 0 Å². The molecule has 2 rings (SSSR count). The number of halogens is 2. The number of nitrogens with one attached hydrogen (secondary N) is 1. The summed E-state index contributed by atoms with van der Waals surface area (Å²) in [7, 11) is 0. The molecule has 140 valence electrons. The van der Waals surface area contributed by atoms with Crippen molar-refractivity contribution in [3.05, 3.63) is 68.5 Å². The van der Waals surface area contributed by atoms with Gasteiger partial charge in [0.2, 0.25) is 0 Å². The summed E-state index contributed by atoms with van der Waals surface area (Å²) in [5, 5.41) is 13.5. The predicted octanol–water partition coefficient (Wildman–Crippen LogP) is 5.04. The van der Waals surface area contributed by atoms with E-state index in [9.17, 15) is 14.3 Å². The van der Waals surface area contributed by atoms with Gasteiger partial charge in [-0.1, -0.05) is 24.3 Å². The Labute approximate surface area is 166 Å². The van der Waals surface area contributed by atoms with E-state index in [2.05, 4.69) is 27.9 Å². The van der Waals surface area contributed by atoms with E-state index in [-0.39, 0.29) is 0 Å². The van der Waals surface area contributed by atoms with Gasteiger partial charge in [0.1, 0.15) is 17.5 Å². The number of aliphatic hydroxyl groups is 1. The molecule has 0 spiro atoms. The minimum absolute atomic E-state index is 0.395. The highest BCUT2D eigenvalue weighted by atomic mass is 127. The Morgan fingerprint density at radius 3 is 2.27 bits per heavy atom. The molecule has 2 unspecified atom stereocenters. The zero-order valence-corrected chi connectivity index (χ0v) is 17.4. The fourth-order valence-electron chi connectivity index (χ4n) is 2.43. The molecule has 2 atom stereocenters. The van der Waals surface area contributed by atoms with Gasteiger partial charge in [0.15, 0.2) is 0 Å². The van der Waals surface area contributed by atoms with Gasteiger partial charge in [-0.25, -0.2) is 9.18 Å². The maximum Gasteiger partial charge on any atom is 0.408 e. The molecule has 2 aromatic carbocycles. The Morgan fingerprint density at radius 1 is 1.15 bits per heavy atom. The lowest BCUT2D eigenvalue weighted by Crippen LogP contribution is -2.37. The summed E-state index contributed by atoms with van der Waals surface area (Å²) in [5.41, 5.74) is 0.895. The lowest BCUT2D eigenvalue weighted by molar-refractivity contribution is 0.0419. The van der Waals surface area contributed by atoms with Crippen LogP contribution in [0.1, 0.15) is 49.6 Å². The first-order valence-electron chi connectivity index (χ1n) is 8.26. The lowest BCUT2D eigenvalue weighted by Gasteiger charge is -2.27. The average Bonchev–Trinajstić information content (AvgIpc) is 2.54. The second-order valence-corrected chi connectivity index (χ2v) is 8.37. The molecule has 0 aliphatic heterocycles. The Morgan fingerprint density at radius 2 is 1.73 bits per heavy atom. The van der Waals surface area contributed by atoms with Crippen LogP contribution in [0.15, 0.2) is 42.5 Å². The number of alkyl carbamates (subject to hydrolysis) is 1. The third-order valence-corrected chi connectivity index (χ3v) is 4.47. The molecule has 0 aliphatic carbocycles. The van der Waals surface area contributed by atoms with Crippen LogP contribution in [0.4, 0.5) is 9.18 Å². The van der Waals surface area contributed by atoms with E-state index in [1.54, 1.807) is 52.0 Å². The maximum atomic E-state index is 14.0. The summed E-state index contributed by atoms with van der Waals surface area (Å²) in [6.07, 6.45) is -1.73. The van der Waals surface area contributed by atoms with Crippen molar-refractivity contribution in [1.29, 1.82) is 0 Å². The number of amides is 1. The van der Waals surface area contributed by atoms with Crippen molar-refractivity contribution in [3.63, 3.8) is 0 Å². The van der Waals surface area contributed by atoms with Crippen molar-refractivity contribution < 1.29 is 19.0 Å². The van der Waals surface area contributed by atoms with Crippen molar-refractivity contribution in [2.24, 2.45) is 0 Å². The fourth-order valence-corrected chi connectivity index (χ4v) is 2.79. The van der Waals surface area contributed by atoms with E-state index in [4.69, 9.17) is 4.74 Å². The minimum atomic E-state index is -1.05. The summed E-state index contributed by atoms with van der Waals surface area (Å²) >= 11 is 2.17. The molecule has 0 saturated heterocycles. The largest absolute Gasteiger partial charge is 0.444 e. The third kappa shape index (κ3) is 5.67. The molecule has 0 fully saturated rings. The SMILES string of the molecule is Cc1ccc(C(NC(=O)OC(C)(C)C)C(O)c2ccc(I)cc2)cc1F. The highest BCUT2D eigenvalue weighted by molar-refractivity contribution is 14.1. The molecule has 0 aliphatic rings. The molecule has 26 heavy (non-hydrogen) atoms. The molecule has 0 saturated carbocycles. The highest BCUT2D eigenvalue weighted by Gasteiger charge is 2.27. The first-order chi connectivity index (χ1) is 12.1. The molecule has 0 radical (unpaired) electrons. The predicted molar refractivity (Wildman–Crippen MR) is 107 cm³/mol. The average molecular weight is 471 g/mol. The molecule has 4 nitrogen and oxygen atoms in total. The number of ether oxygens (including phenoxy) is 1. The monoisotopic (exact) mass is 471 g/mol. The third-order valence-electron chi connectivity index (χ3n) is 3.75. The minimum Gasteiger partial charge on any atom is -0.444 e. The number of aliphatic hydroxyl groups excluding tert-OH is 1. The standard InChI is InChI=1S/C20H23FINO3/c1-12-5-6-14(11-16(12)21)17(23-19(25)26-20(2,3)4)18(24)13-7-9-15(22)10-8-13/h5-11,17-18,24H,1-4H3,(H,23,25). The van der Waals surface area contributed by atoms with Gasteiger partial charge in [0.25, 0.3) is 0 Å². The lowest BCUT2D eigenvalue weighted by atomic mass is 9.95. The van der Waals surface area contributed by atoms with Crippen LogP contribution in [0, 0.1) is 16.3 Å². The topological polar surface area (TPSA) is 58.6 Å². The molecule has 0 heterocycles. The van der Waals surface area contributed by atoms with Gasteiger partial charge in [-0.2, -0.15) is 0 Å². The van der Waals surface area contributed by atoms with Crippen molar-refractivity contribution in [1.82, 2.24) is 5.32 Å². The number of carbonyl (C=O) groups is 1. The van der Waals surface area contributed by atoms with Gasteiger partial charge in [-0.05, 0) is 85.2 Å². The van der Waals surface area contributed by atoms with E-state index in [0.29, 0.717) is 16.7 Å². The summed E-state index contributed by atoms with van der Waals surface area (Å²) in [6.45, 7) is 6.92. The molecule has 0 aromatic heterocycles. The normalized spacial score (nSPS) is 13.8. The molecular weight excluding hydrogens is 448 g/mol. The van der Waals surface area contributed by atoms with Gasteiger partial charge in [-0.3, -0.25) is 0 Å². The Balaban J connectivity index is 2.35. The molecular formula is C20H23FINO3. The summed E-state index contributed by atoms with van der Waals surface area (Å²) in [4.78, 5) is 12.2. The summed E-state index contributed by atoms with van der Waals surface area (Å²) in [5.74, 6) is -0.395. The number of aryl methyl sites for hydroxylation is 1. The zero-order chi connectivity index (χ0) is 19.5. The van der Waals surface area contributed by atoms with Crippen LogP contribution in [-0.4, -0.2) is 16.8 Å². The number of carbonyl (C=O) groups excluding carboxylic acids is 1. The van der Waals surface area contributed by atoms with Gasteiger partial charge < -0.3 is 15.2 Å². The Hall–Kier alpha value is -1.67. The molecule has 2 N–H and O–H groups in total. The summed E-state index contributed by atoms with van der Waals surface area (Å²) < 4.78 is 20.4. The van der Waals surface area contributed by atoms with Crippen LogP contribution >= 0.6 is 22.6 Å². The summed E-state index contributed by atoms with van der Waals surface area (Å²) in [6, 6.07) is 11.1. The molecule has 6 heteroatoms. The molecule has 1 amide bonds. The quantitative estimate of drug-likeness (QED) is 0.615. The zero-order valence-electron chi connectivity index (χ0n) is 15.2. The molecule has 2 aromatic rings. The first kappa shape index (κ1) is 20.6.